The monoisotopic (exact) mass is 170 g/mol. The molecular weight excluding hydrogens is 152 g/mol. The standard InChI is InChI=1S/C8H18N4/c1-3-10-8(11-9)12(2)7-5-4-6-7/h7H,3-6,9H2,1-2H3,(H,10,11). The van der Waals surface area contributed by atoms with E-state index in [4.69, 9.17) is 5.84 Å². The van der Waals surface area contributed by atoms with Crippen LogP contribution in [0.3, 0.4) is 0 Å². The molecule has 0 aromatic heterocycles. The molecule has 1 rings (SSSR count). The number of hydrogen-bond acceptors (Lipinski definition) is 2. The second-order valence-corrected chi connectivity index (χ2v) is 3.14. The van der Waals surface area contributed by atoms with Crippen LogP contribution in [-0.2, 0) is 0 Å². The number of aliphatic imine (C=N–C) groups is 1. The molecule has 1 aliphatic carbocycles. The largest absolute Gasteiger partial charge is 0.342 e. The van der Waals surface area contributed by atoms with Gasteiger partial charge in [-0.05, 0) is 26.2 Å². The van der Waals surface area contributed by atoms with Crippen LogP contribution in [0, 0.1) is 0 Å². The number of nitrogens with zero attached hydrogens (tertiary/aromatic N) is 2. The summed E-state index contributed by atoms with van der Waals surface area (Å²) < 4.78 is 0. The fraction of sp³-hybridized carbons (Fsp3) is 0.875. The van der Waals surface area contributed by atoms with Crippen molar-refractivity contribution in [3.63, 3.8) is 0 Å². The molecule has 0 aromatic carbocycles. The third-order valence-corrected chi connectivity index (χ3v) is 2.39. The molecule has 1 saturated carbocycles. The van der Waals surface area contributed by atoms with Gasteiger partial charge in [0.15, 0.2) is 0 Å². The van der Waals surface area contributed by atoms with Gasteiger partial charge in [0.25, 0.3) is 0 Å². The lowest BCUT2D eigenvalue weighted by Gasteiger charge is -2.36. The average molecular weight is 170 g/mol. The summed E-state index contributed by atoms with van der Waals surface area (Å²) in [6.07, 6.45) is 3.86. The molecule has 0 bridgehead atoms. The number of hydrazine groups is 1. The smallest absolute Gasteiger partial charge is 0.208 e. The Labute approximate surface area is 73.8 Å². The number of rotatable bonds is 2. The summed E-state index contributed by atoms with van der Waals surface area (Å²) in [5.41, 5.74) is 2.63. The third kappa shape index (κ3) is 1.88. The minimum absolute atomic E-state index is 0.645. The van der Waals surface area contributed by atoms with Crippen LogP contribution in [0.4, 0.5) is 0 Å². The van der Waals surface area contributed by atoms with Gasteiger partial charge in [-0.15, -0.1) is 0 Å². The summed E-state index contributed by atoms with van der Waals surface area (Å²) in [5, 5.41) is 0. The fourth-order valence-corrected chi connectivity index (χ4v) is 1.36. The number of hydrogen-bond donors (Lipinski definition) is 2. The molecule has 0 amide bonds. The molecule has 70 valence electrons. The van der Waals surface area contributed by atoms with Crippen molar-refractivity contribution in [3.05, 3.63) is 0 Å². The van der Waals surface area contributed by atoms with E-state index in [1.54, 1.807) is 0 Å². The highest BCUT2D eigenvalue weighted by Crippen LogP contribution is 2.23. The van der Waals surface area contributed by atoms with Crippen molar-refractivity contribution in [2.24, 2.45) is 10.8 Å². The molecule has 3 N–H and O–H groups in total. The van der Waals surface area contributed by atoms with Crippen molar-refractivity contribution >= 4 is 5.96 Å². The summed E-state index contributed by atoms with van der Waals surface area (Å²) >= 11 is 0. The van der Waals surface area contributed by atoms with E-state index in [1.165, 1.54) is 19.3 Å². The zero-order valence-corrected chi connectivity index (χ0v) is 7.88. The van der Waals surface area contributed by atoms with Gasteiger partial charge in [-0.1, -0.05) is 0 Å². The van der Waals surface area contributed by atoms with Gasteiger partial charge in [-0.3, -0.25) is 10.4 Å². The maximum Gasteiger partial charge on any atom is 0.208 e. The molecule has 0 atom stereocenters. The summed E-state index contributed by atoms with van der Waals surface area (Å²) in [5.74, 6) is 6.16. The Kier molecular flexibility index (Phi) is 3.34. The van der Waals surface area contributed by atoms with E-state index in [2.05, 4.69) is 15.3 Å². The molecule has 0 radical (unpaired) electrons. The van der Waals surface area contributed by atoms with E-state index in [1.807, 2.05) is 14.0 Å². The Morgan fingerprint density at radius 2 is 2.33 bits per heavy atom. The summed E-state index contributed by atoms with van der Waals surface area (Å²) in [4.78, 5) is 6.38. The topological polar surface area (TPSA) is 53.6 Å². The van der Waals surface area contributed by atoms with Gasteiger partial charge in [0, 0.05) is 19.6 Å². The first-order valence-corrected chi connectivity index (χ1v) is 4.53. The lowest BCUT2D eigenvalue weighted by Crippen LogP contribution is -2.49. The number of nitrogens with one attached hydrogen (secondary N) is 1. The lowest BCUT2D eigenvalue weighted by atomic mass is 9.92. The Morgan fingerprint density at radius 1 is 1.67 bits per heavy atom. The van der Waals surface area contributed by atoms with Crippen molar-refractivity contribution in [2.45, 2.75) is 32.2 Å². The predicted octanol–water partition coefficient (Wildman–Crippen LogP) is 0.310. The van der Waals surface area contributed by atoms with Crippen LogP contribution in [0.2, 0.25) is 0 Å². The van der Waals surface area contributed by atoms with Crippen molar-refractivity contribution in [1.29, 1.82) is 0 Å². The van der Waals surface area contributed by atoms with Crippen molar-refractivity contribution < 1.29 is 0 Å². The molecule has 12 heavy (non-hydrogen) atoms. The minimum Gasteiger partial charge on any atom is -0.342 e. The first-order chi connectivity index (χ1) is 5.79. The lowest BCUT2D eigenvalue weighted by molar-refractivity contribution is 0.234. The average Bonchev–Trinajstić information content (AvgIpc) is 1.96. The minimum atomic E-state index is 0.645. The van der Waals surface area contributed by atoms with Gasteiger partial charge >= 0.3 is 0 Å². The molecule has 4 nitrogen and oxygen atoms in total. The Balaban J connectivity index is 2.46. The number of nitrogens with two attached hydrogens (primary N) is 1. The van der Waals surface area contributed by atoms with Crippen LogP contribution >= 0.6 is 0 Å². The molecule has 0 aromatic rings. The van der Waals surface area contributed by atoms with E-state index in [0.717, 1.165) is 12.5 Å². The quantitative estimate of drug-likeness (QED) is 0.271. The SMILES string of the molecule is CCN=C(NN)N(C)C1CCC1. The molecule has 0 spiro atoms. The van der Waals surface area contributed by atoms with Gasteiger partial charge in [-0.2, -0.15) is 0 Å². The molecular formula is C8H18N4. The highest BCUT2D eigenvalue weighted by Gasteiger charge is 2.23. The molecule has 0 unspecified atom stereocenters. The molecule has 4 heteroatoms. The molecule has 0 heterocycles. The van der Waals surface area contributed by atoms with Crippen LogP contribution in [0.1, 0.15) is 26.2 Å². The summed E-state index contributed by atoms with van der Waals surface area (Å²) in [6.45, 7) is 2.78. The second kappa shape index (κ2) is 4.30. The van der Waals surface area contributed by atoms with Crippen molar-refractivity contribution in [3.8, 4) is 0 Å². The first kappa shape index (κ1) is 9.32. The Morgan fingerprint density at radius 3 is 2.67 bits per heavy atom. The van der Waals surface area contributed by atoms with E-state index >= 15 is 0 Å². The second-order valence-electron chi connectivity index (χ2n) is 3.14. The fourth-order valence-electron chi connectivity index (χ4n) is 1.36. The van der Waals surface area contributed by atoms with Crippen LogP contribution in [0.25, 0.3) is 0 Å². The third-order valence-electron chi connectivity index (χ3n) is 2.39. The Bertz CT molecular complexity index is 162. The van der Waals surface area contributed by atoms with Crippen LogP contribution < -0.4 is 11.3 Å². The molecule has 0 aliphatic heterocycles. The highest BCUT2D eigenvalue weighted by atomic mass is 15.4. The predicted molar refractivity (Wildman–Crippen MR) is 50.7 cm³/mol. The molecule has 1 fully saturated rings. The van der Waals surface area contributed by atoms with Crippen molar-refractivity contribution in [2.75, 3.05) is 13.6 Å². The van der Waals surface area contributed by atoms with Gasteiger partial charge in [0.1, 0.15) is 0 Å². The van der Waals surface area contributed by atoms with E-state index in [9.17, 15) is 0 Å². The van der Waals surface area contributed by atoms with Crippen LogP contribution in [0.15, 0.2) is 4.99 Å². The molecule has 1 aliphatic rings. The number of guanidine groups is 1. The maximum absolute atomic E-state index is 5.35. The summed E-state index contributed by atoms with van der Waals surface area (Å²) in [7, 11) is 2.04. The van der Waals surface area contributed by atoms with Crippen LogP contribution in [0.5, 0.6) is 0 Å². The summed E-state index contributed by atoms with van der Waals surface area (Å²) in [6, 6.07) is 0.645. The molecule has 0 saturated heterocycles. The van der Waals surface area contributed by atoms with Crippen molar-refractivity contribution in [1.82, 2.24) is 10.3 Å². The van der Waals surface area contributed by atoms with Gasteiger partial charge in [0.2, 0.25) is 5.96 Å². The normalized spacial score (nSPS) is 18.8. The van der Waals surface area contributed by atoms with Crippen LogP contribution in [-0.4, -0.2) is 30.5 Å². The Hall–Kier alpha value is -0.770. The highest BCUT2D eigenvalue weighted by molar-refractivity contribution is 5.79. The van der Waals surface area contributed by atoms with Gasteiger partial charge in [0.05, 0.1) is 0 Å². The van der Waals surface area contributed by atoms with Gasteiger partial charge < -0.3 is 4.90 Å². The zero-order valence-electron chi connectivity index (χ0n) is 7.88. The van der Waals surface area contributed by atoms with Gasteiger partial charge in [-0.25, -0.2) is 5.84 Å². The maximum atomic E-state index is 5.35. The first-order valence-electron chi connectivity index (χ1n) is 4.53. The van der Waals surface area contributed by atoms with E-state index < -0.39 is 0 Å². The van der Waals surface area contributed by atoms with E-state index in [0.29, 0.717) is 6.04 Å². The van der Waals surface area contributed by atoms with E-state index in [-0.39, 0.29) is 0 Å². The zero-order chi connectivity index (χ0) is 8.97.